The molecule has 2 atom stereocenters. The maximum Gasteiger partial charge on any atom is 0.255 e. The summed E-state index contributed by atoms with van der Waals surface area (Å²) in [5.74, 6) is -2.01. The number of carbonyl (C=O) groups is 2. The molecule has 3 aromatic carbocycles. The molecule has 0 saturated heterocycles. The van der Waals surface area contributed by atoms with Crippen molar-refractivity contribution in [1.29, 1.82) is 0 Å². The Balaban J connectivity index is 1.48. The molecule has 2 amide bonds. The van der Waals surface area contributed by atoms with Crippen LogP contribution in [0.5, 0.6) is 0 Å². The highest BCUT2D eigenvalue weighted by molar-refractivity contribution is 6.54. The Labute approximate surface area is 221 Å². The van der Waals surface area contributed by atoms with Crippen LogP contribution < -0.4 is 16.4 Å². The minimum atomic E-state index is -1.34. The van der Waals surface area contributed by atoms with E-state index in [2.05, 4.69) is 10.6 Å². The maximum absolute atomic E-state index is 13.0. The maximum atomic E-state index is 13.0. The number of amides is 2. The van der Waals surface area contributed by atoms with Crippen molar-refractivity contribution in [2.75, 3.05) is 16.4 Å². The molecule has 1 fully saturated rings. The fourth-order valence-electron chi connectivity index (χ4n) is 3.80. The van der Waals surface area contributed by atoms with Gasteiger partial charge in [-0.05, 0) is 66.6 Å². The number of carbonyl (C=O) groups excluding carboxylic acids is 2. The van der Waals surface area contributed by atoms with E-state index in [-0.39, 0.29) is 21.0 Å². The standard InChI is InChI=1S/C24H18Cl5N3O2/c1-11-7-14(30)5-6-18(11)32-22(33)12-3-2-4-15(8-12)31-23(34)20-19(24(20,28)29)13-9-16(25)21(27)17(26)10-13/h2-10,19-20H,30H2,1H3,(H,31,34)(H,32,33)/t19-,20+/m1/s1. The molecule has 176 valence electrons. The monoisotopic (exact) mass is 555 g/mol. The summed E-state index contributed by atoms with van der Waals surface area (Å²) in [5.41, 5.74) is 9.24. The van der Waals surface area contributed by atoms with Gasteiger partial charge < -0.3 is 16.4 Å². The van der Waals surface area contributed by atoms with Crippen molar-refractivity contribution in [2.24, 2.45) is 5.92 Å². The van der Waals surface area contributed by atoms with Crippen LogP contribution in [0.15, 0.2) is 54.6 Å². The zero-order chi connectivity index (χ0) is 24.8. The Hall–Kier alpha value is -2.15. The lowest BCUT2D eigenvalue weighted by atomic mass is 10.1. The van der Waals surface area contributed by atoms with E-state index in [1.54, 1.807) is 54.6 Å². The summed E-state index contributed by atoms with van der Waals surface area (Å²) < 4.78 is -1.34. The van der Waals surface area contributed by atoms with E-state index in [0.29, 0.717) is 28.2 Å². The molecule has 0 aromatic heterocycles. The first-order valence-electron chi connectivity index (χ1n) is 10.1. The molecule has 4 N–H and O–H groups in total. The summed E-state index contributed by atoms with van der Waals surface area (Å²) in [5, 5.41) is 6.33. The fourth-order valence-corrected chi connectivity index (χ4v) is 5.24. The third-order valence-corrected chi connectivity index (χ3v) is 7.73. The van der Waals surface area contributed by atoms with E-state index < -0.39 is 22.1 Å². The first kappa shape index (κ1) is 25.0. The average Bonchev–Trinajstić information content (AvgIpc) is 3.35. The fraction of sp³-hybridized carbons (Fsp3) is 0.167. The number of nitrogens with one attached hydrogen (secondary N) is 2. The number of halogens is 5. The van der Waals surface area contributed by atoms with Gasteiger partial charge >= 0.3 is 0 Å². The molecule has 5 nitrogen and oxygen atoms in total. The molecule has 1 saturated carbocycles. The second-order valence-electron chi connectivity index (χ2n) is 8.03. The van der Waals surface area contributed by atoms with Gasteiger partial charge in [0, 0.05) is 28.5 Å². The number of benzene rings is 3. The Kier molecular flexibility index (Phi) is 6.96. The number of anilines is 3. The summed E-state index contributed by atoms with van der Waals surface area (Å²) in [7, 11) is 0. The molecule has 34 heavy (non-hydrogen) atoms. The highest BCUT2D eigenvalue weighted by Gasteiger charge is 2.67. The highest BCUT2D eigenvalue weighted by Crippen LogP contribution is 2.65. The van der Waals surface area contributed by atoms with Crippen molar-refractivity contribution in [3.8, 4) is 0 Å². The quantitative estimate of drug-likeness (QED) is 0.175. The van der Waals surface area contributed by atoms with Gasteiger partial charge in [0.05, 0.1) is 21.0 Å². The number of rotatable bonds is 5. The number of hydrogen-bond donors (Lipinski definition) is 3. The van der Waals surface area contributed by atoms with E-state index in [9.17, 15) is 9.59 Å². The van der Waals surface area contributed by atoms with Crippen LogP contribution in [0.1, 0.15) is 27.4 Å². The second kappa shape index (κ2) is 9.48. The lowest BCUT2D eigenvalue weighted by molar-refractivity contribution is -0.117. The van der Waals surface area contributed by atoms with Gasteiger partial charge in [-0.1, -0.05) is 40.9 Å². The molecule has 4 rings (SSSR count). The lowest BCUT2D eigenvalue weighted by Gasteiger charge is -2.11. The number of nitrogens with two attached hydrogens (primary N) is 1. The number of hydrogen-bond acceptors (Lipinski definition) is 3. The highest BCUT2D eigenvalue weighted by atomic mass is 35.5. The van der Waals surface area contributed by atoms with E-state index in [1.165, 1.54) is 0 Å². The van der Waals surface area contributed by atoms with Gasteiger partial charge in [-0.15, -0.1) is 23.2 Å². The summed E-state index contributed by atoms with van der Waals surface area (Å²) >= 11 is 31.1. The van der Waals surface area contributed by atoms with Gasteiger partial charge in [-0.25, -0.2) is 0 Å². The molecule has 0 aliphatic heterocycles. The summed E-state index contributed by atoms with van der Waals surface area (Å²) in [6.45, 7) is 1.85. The van der Waals surface area contributed by atoms with E-state index >= 15 is 0 Å². The third-order valence-electron chi connectivity index (χ3n) is 5.59. The van der Waals surface area contributed by atoms with Crippen LogP contribution in [-0.4, -0.2) is 16.1 Å². The Morgan fingerprint density at radius 1 is 0.941 bits per heavy atom. The van der Waals surface area contributed by atoms with E-state index in [1.807, 2.05) is 6.92 Å². The van der Waals surface area contributed by atoms with Crippen LogP contribution in [0, 0.1) is 12.8 Å². The SMILES string of the molecule is Cc1cc(N)ccc1NC(=O)c1cccc(NC(=O)[C@@H]2[C@@H](c3cc(Cl)c(Cl)c(Cl)c3)C2(Cl)Cl)c1. The molecule has 0 bridgehead atoms. The van der Waals surface area contributed by atoms with Crippen LogP contribution in [-0.2, 0) is 4.79 Å². The minimum absolute atomic E-state index is 0.215. The molecule has 1 aliphatic rings. The van der Waals surface area contributed by atoms with Crippen LogP contribution in [0.2, 0.25) is 15.1 Å². The summed E-state index contributed by atoms with van der Waals surface area (Å²) in [6, 6.07) is 14.9. The number of nitrogen functional groups attached to an aromatic ring is 1. The average molecular weight is 558 g/mol. The van der Waals surface area contributed by atoms with Gasteiger partial charge in [0.25, 0.3) is 5.91 Å². The second-order valence-corrected chi connectivity index (χ2v) is 10.7. The zero-order valence-electron chi connectivity index (χ0n) is 17.6. The molecular formula is C24H18Cl5N3O2. The molecule has 1 aliphatic carbocycles. The largest absolute Gasteiger partial charge is 0.399 e. The van der Waals surface area contributed by atoms with Crippen molar-refractivity contribution >= 4 is 86.9 Å². The predicted octanol–water partition coefficient (Wildman–Crippen LogP) is 7.32. The minimum Gasteiger partial charge on any atom is -0.399 e. The molecule has 0 heterocycles. The van der Waals surface area contributed by atoms with Gasteiger partial charge in [-0.2, -0.15) is 0 Å². The summed E-state index contributed by atoms with van der Waals surface area (Å²) in [6.07, 6.45) is 0. The van der Waals surface area contributed by atoms with Crippen LogP contribution in [0.4, 0.5) is 17.1 Å². The predicted molar refractivity (Wildman–Crippen MR) is 141 cm³/mol. The van der Waals surface area contributed by atoms with Gasteiger partial charge in [0.15, 0.2) is 0 Å². The molecule has 10 heteroatoms. The first-order valence-corrected chi connectivity index (χ1v) is 12.0. The van der Waals surface area contributed by atoms with Crippen molar-refractivity contribution in [3.63, 3.8) is 0 Å². The van der Waals surface area contributed by atoms with Gasteiger partial charge in [0.2, 0.25) is 5.91 Å². The van der Waals surface area contributed by atoms with Crippen LogP contribution >= 0.6 is 58.0 Å². The van der Waals surface area contributed by atoms with Crippen molar-refractivity contribution in [3.05, 3.63) is 86.4 Å². The number of aryl methyl sites for hydroxylation is 1. The van der Waals surface area contributed by atoms with Crippen LogP contribution in [0.3, 0.4) is 0 Å². The Morgan fingerprint density at radius 3 is 2.26 bits per heavy atom. The molecular weight excluding hydrogens is 540 g/mol. The normalized spacial score (nSPS) is 18.3. The Morgan fingerprint density at radius 2 is 1.62 bits per heavy atom. The van der Waals surface area contributed by atoms with Gasteiger partial charge in [0.1, 0.15) is 4.33 Å². The summed E-state index contributed by atoms with van der Waals surface area (Å²) in [4.78, 5) is 25.7. The molecule has 0 unspecified atom stereocenters. The molecule has 0 spiro atoms. The molecule has 3 aromatic rings. The number of alkyl halides is 2. The van der Waals surface area contributed by atoms with Crippen molar-refractivity contribution in [1.82, 2.24) is 0 Å². The lowest BCUT2D eigenvalue weighted by Crippen LogP contribution is -2.18. The van der Waals surface area contributed by atoms with Crippen molar-refractivity contribution in [2.45, 2.75) is 17.2 Å². The molecule has 0 radical (unpaired) electrons. The topological polar surface area (TPSA) is 84.2 Å². The van der Waals surface area contributed by atoms with Crippen molar-refractivity contribution < 1.29 is 9.59 Å². The first-order chi connectivity index (χ1) is 16.0. The smallest absolute Gasteiger partial charge is 0.255 e. The third kappa shape index (κ3) is 4.95. The van der Waals surface area contributed by atoms with E-state index in [0.717, 1.165) is 5.56 Å². The Bertz CT molecular complexity index is 1290. The van der Waals surface area contributed by atoms with Gasteiger partial charge in [-0.3, -0.25) is 9.59 Å². The van der Waals surface area contributed by atoms with Crippen LogP contribution in [0.25, 0.3) is 0 Å². The zero-order valence-corrected chi connectivity index (χ0v) is 21.4. The van der Waals surface area contributed by atoms with E-state index in [4.69, 9.17) is 63.7 Å².